The highest BCUT2D eigenvalue weighted by atomic mass is 35.5. The molecule has 0 unspecified atom stereocenters. The first-order valence-corrected chi connectivity index (χ1v) is 6.52. The topological polar surface area (TPSA) is 101 Å². The van der Waals surface area contributed by atoms with Crippen molar-refractivity contribution in [3.05, 3.63) is 57.9 Å². The first kappa shape index (κ1) is 14.9. The summed E-state index contributed by atoms with van der Waals surface area (Å²) >= 11 is 5.46. The van der Waals surface area contributed by atoms with Gasteiger partial charge in [0.15, 0.2) is 5.78 Å². The van der Waals surface area contributed by atoms with Crippen molar-refractivity contribution >= 4 is 28.8 Å². The number of halogens is 1. The van der Waals surface area contributed by atoms with E-state index >= 15 is 0 Å². The van der Waals surface area contributed by atoms with E-state index in [4.69, 9.17) is 11.6 Å². The maximum atomic E-state index is 11.3. The van der Waals surface area contributed by atoms with E-state index in [1.54, 1.807) is 12.3 Å². The van der Waals surface area contributed by atoms with Gasteiger partial charge in [-0.15, -0.1) is 11.6 Å². The summed E-state index contributed by atoms with van der Waals surface area (Å²) in [6.45, 7) is 0.270. The molecule has 7 nitrogen and oxygen atoms in total. The van der Waals surface area contributed by atoms with Gasteiger partial charge in [0, 0.05) is 29.6 Å². The maximum Gasteiger partial charge on any atom is 0.269 e. The van der Waals surface area contributed by atoms with Gasteiger partial charge in [-0.2, -0.15) is 10.2 Å². The molecule has 1 N–H and O–H groups in total. The van der Waals surface area contributed by atoms with E-state index in [1.165, 1.54) is 24.3 Å². The second-order valence-corrected chi connectivity index (χ2v) is 4.41. The number of carbonyl (C=O) groups is 1. The van der Waals surface area contributed by atoms with Crippen LogP contribution in [0.4, 0.5) is 11.4 Å². The van der Waals surface area contributed by atoms with Gasteiger partial charge < -0.3 is 4.98 Å². The molecule has 1 aromatic heterocycles. The summed E-state index contributed by atoms with van der Waals surface area (Å²) in [5, 5.41) is 18.4. The number of Topliss-reactive ketones (excluding diaryl/α,β-unsaturated/α-hetero) is 1. The minimum absolute atomic E-state index is 0.00236. The van der Waals surface area contributed by atoms with Crippen molar-refractivity contribution in [3.8, 4) is 0 Å². The molecule has 1 heterocycles. The molecule has 0 saturated carbocycles. The monoisotopic (exact) mass is 306 g/mol. The van der Waals surface area contributed by atoms with Gasteiger partial charge in [-0.25, -0.2) is 0 Å². The SMILES string of the molecule is O=C(CCl)c1c[nH]c(CN=Nc2ccc([N+](=O)[O-])cc2)c1. The zero-order chi connectivity index (χ0) is 15.2. The molecule has 2 rings (SSSR count). The quantitative estimate of drug-likeness (QED) is 0.290. The molecule has 2 aromatic rings. The fraction of sp³-hybridized carbons (Fsp3) is 0.154. The summed E-state index contributed by atoms with van der Waals surface area (Å²) in [5.41, 5.74) is 1.76. The Morgan fingerprint density at radius 3 is 2.67 bits per heavy atom. The Kier molecular flexibility index (Phi) is 4.78. The number of H-pyrrole nitrogens is 1. The molecule has 0 aliphatic carbocycles. The average Bonchev–Trinajstić information content (AvgIpc) is 2.96. The number of aromatic nitrogens is 1. The van der Waals surface area contributed by atoms with E-state index in [-0.39, 0.29) is 23.9 Å². The Labute approximate surface area is 124 Å². The Morgan fingerprint density at radius 1 is 1.33 bits per heavy atom. The number of rotatable bonds is 6. The molecular weight excluding hydrogens is 296 g/mol. The van der Waals surface area contributed by atoms with E-state index in [9.17, 15) is 14.9 Å². The number of aromatic amines is 1. The van der Waals surface area contributed by atoms with Crippen LogP contribution in [0.2, 0.25) is 0 Å². The molecule has 0 fully saturated rings. The standard InChI is InChI=1S/C13H11ClN4O3/c14-6-13(19)9-5-11(15-7-9)8-16-17-10-1-3-12(4-2-10)18(20)21/h1-5,7,15H,6,8H2. The highest BCUT2D eigenvalue weighted by molar-refractivity contribution is 6.30. The van der Waals surface area contributed by atoms with Crippen molar-refractivity contribution in [3.63, 3.8) is 0 Å². The second-order valence-electron chi connectivity index (χ2n) is 4.14. The largest absolute Gasteiger partial charge is 0.363 e. The Morgan fingerprint density at radius 2 is 2.05 bits per heavy atom. The third-order valence-electron chi connectivity index (χ3n) is 2.67. The maximum absolute atomic E-state index is 11.3. The fourth-order valence-electron chi connectivity index (χ4n) is 1.61. The van der Waals surface area contributed by atoms with Crippen molar-refractivity contribution < 1.29 is 9.72 Å². The number of non-ortho nitro benzene ring substituents is 1. The number of carbonyl (C=O) groups excluding carboxylic acids is 1. The molecule has 0 amide bonds. The van der Waals surface area contributed by atoms with Crippen LogP contribution in [0.25, 0.3) is 0 Å². The van der Waals surface area contributed by atoms with Gasteiger partial charge in [-0.3, -0.25) is 14.9 Å². The predicted molar refractivity (Wildman–Crippen MR) is 77.2 cm³/mol. The Hall–Kier alpha value is -2.54. The highest BCUT2D eigenvalue weighted by Crippen LogP contribution is 2.18. The normalized spacial score (nSPS) is 10.9. The molecule has 8 heteroatoms. The molecule has 0 radical (unpaired) electrons. The van der Waals surface area contributed by atoms with E-state index in [2.05, 4.69) is 15.2 Å². The third-order valence-corrected chi connectivity index (χ3v) is 2.92. The van der Waals surface area contributed by atoms with Crippen LogP contribution < -0.4 is 0 Å². The lowest BCUT2D eigenvalue weighted by Crippen LogP contribution is -1.97. The average molecular weight is 307 g/mol. The van der Waals surface area contributed by atoms with Crippen molar-refractivity contribution in [1.82, 2.24) is 4.98 Å². The summed E-state index contributed by atoms with van der Waals surface area (Å²) in [6, 6.07) is 7.41. The number of nitro benzene ring substituents is 1. The Balaban J connectivity index is 1.97. The minimum Gasteiger partial charge on any atom is -0.363 e. The molecule has 0 aliphatic rings. The van der Waals surface area contributed by atoms with E-state index < -0.39 is 4.92 Å². The summed E-state index contributed by atoms with van der Waals surface area (Å²) < 4.78 is 0. The van der Waals surface area contributed by atoms with E-state index in [0.29, 0.717) is 11.3 Å². The third kappa shape index (κ3) is 3.96. The molecule has 108 valence electrons. The zero-order valence-corrected chi connectivity index (χ0v) is 11.6. The zero-order valence-electron chi connectivity index (χ0n) is 10.8. The first-order chi connectivity index (χ1) is 10.1. The minimum atomic E-state index is -0.477. The first-order valence-electron chi connectivity index (χ1n) is 5.98. The number of nitro groups is 1. The van der Waals surface area contributed by atoms with Gasteiger partial charge in [0.05, 0.1) is 16.5 Å². The lowest BCUT2D eigenvalue weighted by Gasteiger charge is -1.93. The van der Waals surface area contributed by atoms with Crippen LogP contribution in [0.3, 0.4) is 0 Å². The van der Waals surface area contributed by atoms with Crippen molar-refractivity contribution in [2.75, 3.05) is 5.88 Å². The van der Waals surface area contributed by atoms with Crippen molar-refractivity contribution in [2.24, 2.45) is 10.2 Å². The number of azo groups is 1. The number of nitrogens with zero attached hydrogens (tertiary/aromatic N) is 3. The summed E-state index contributed by atoms with van der Waals surface area (Å²) in [5.74, 6) is -0.229. The number of hydrogen-bond acceptors (Lipinski definition) is 5. The lowest BCUT2D eigenvalue weighted by molar-refractivity contribution is -0.384. The van der Waals surface area contributed by atoms with Crippen LogP contribution in [0.1, 0.15) is 16.1 Å². The van der Waals surface area contributed by atoms with Crippen LogP contribution in [-0.2, 0) is 6.54 Å². The van der Waals surface area contributed by atoms with Crippen LogP contribution in [0.15, 0.2) is 46.8 Å². The predicted octanol–water partition coefficient (Wildman–Crippen LogP) is 3.63. The van der Waals surface area contributed by atoms with Gasteiger partial charge >= 0.3 is 0 Å². The highest BCUT2D eigenvalue weighted by Gasteiger charge is 2.06. The van der Waals surface area contributed by atoms with Gasteiger partial charge in [0.1, 0.15) is 6.54 Å². The number of nitrogens with one attached hydrogen (secondary N) is 1. The lowest BCUT2D eigenvalue weighted by atomic mass is 10.2. The molecule has 0 spiro atoms. The molecular formula is C13H11ClN4O3. The number of hydrogen-bond donors (Lipinski definition) is 1. The van der Waals surface area contributed by atoms with Crippen LogP contribution in [-0.4, -0.2) is 21.6 Å². The molecule has 0 aliphatic heterocycles. The van der Waals surface area contributed by atoms with Crippen LogP contribution in [0, 0.1) is 10.1 Å². The van der Waals surface area contributed by atoms with Gasteiger partial charge in [-0.05, 0) is 18.2 Å². The summed E-state index contributed by atoms with van der Waals surface area (Å²) in [7, 11) is 0. The molecule has 0 saturated heterocycles. The molecule has 21 heavy (non-hydrogen) atoms. The number of benzene rings is 1. The van der Waals surface area contributed by atoms with Crippen molar-refractivity contribution in [2.45, 2.75) is 6.54 Å². The Bertz CT molecular complexity index is 679. The smallest absolute Gasteiger partial charge is 0.269 e. The summed E-state index contributed by atoms with van der Waals surface area (Å²) in [4.78, 5) is 24.3. The molecule has 0 bridgehead atoms. The van der Waals surface area contributed by atoms with Gasteiger partial charge in [-0.1, -0.05) is 0 Å². The van der Waals surface area contributed by atoms with Gasteiger partial charge in [0.2, 0.25) is 0 Å². The molecule has 0 atom stereocenters. The van der Waals surface area contributed by atoms with Crippen molar-refractivity contribution in [1.29, 1.82) is 0 Å². The number of ketones is 1. The fourth-order valence-corrected chi connectivity index (χ4v) is 1.76. The summed E-state index contributed by atoms with van der Waals surface area (Å²) in [6.07, 6.45) is 1.57. The van der Waals surface area contributed by atoms with E-state index in [1.807, 2.05) is 0 Å². The van der Waals surface area contributed by atoms with Gasteiger partial charge in [0.25, 0.3) is 5.69 Å². The van der Waals surface area contributed by atoms with Crippen LogP contribution in [0.5, 0.6) is 0 Å². The number of alkyl halides is 1. The second kappa shape index (κ2) is 6.76. The molecule has 1 aromatic carbocycles. The van der Waals surface area contributed by atoms with Crippen LogP contribution >= 0.6 is 11.6 Å². The van der Waals surface area contributed by atoms with E-state index in [0.717, 1.165) is 5.69 Å².